The number of benzene rings is 3. The largest absolute Gasteiger partial charge is 0.465 e. The fraction of sp³-hybridized carbons (Fsp3) is 0.0909. The van der Waals surface area contributed by atoms with E-state index in [9.17, 15) is 18.0 Å². The maximum atomic E-state index is 12.8. The van der Waals surface area contributed by atoms with Gasteiger partial charge in [0.15, 0.2) is 0 Å². The van der Waals surface area contributed by atoms with Crippen LogP contribution in [0, 0.1) is 6.92 Å². The summed E-state index contributed by atoms with van der Waals surface area (Å²) in [7, 11) is -2.76. The highest BCUT2D eigenvalue weighted by atomic mass is 35.5. The molecule has 0 aromatic heterocycles. The molecule has 9 heteroatoms. The standard InChI is InChI=1S/C22H19ClN2O5S/c1-14-17(22(27)30-2)9-6-10-19(14)24-21(26)15-11-12-18(23)20(13-15)31(28,29)25-16-7-4-3-5-8-16/h3-13,25H,1-2H3,(H,24,26). The van der Waals surface area contributed by atoms with E-state index in [1.807, 2.05) is 0 Å². The van der Waals surface area contributed by atoms with Crippen LogP contribution in [0.4, 0.5) is 11.4 Å². The molecule has 3 aromatic rings. The van der Waals surface area contributed by atoms with Gasteiger partial charge in [-0.1, -0.05) is 35.9 Å². The van der Waals surface area contributed by atoms with Gasteiger partial charge in [0.2, 0.25) is 0 Å². The minimum absolute atomic E-state index is 0.0242. The highest BCUT2D eigenvalue weighted by Gasteiger charge is 2.21. The molecular formula is C22H19ClN2O5S. The maximum Gasteiger partial charge on any atom is 0.338 e. The summed E-state index contributed by atoms with van der Waals surface area (Å²) in [5, 5.41) is 2.66. The second-order valence-corrected chi connectivity index (χ2v) is 8.60. The first-order valence-corrected chi connectivity index (χ1v) is 11.0. The van der Waals surface area contributed by atoms with Gasteiger partial charge in [-0.2, -0.15) is 0 Å². The van der Waals surface area contributed by atoms with Crippen LogP contribution in [0.3, 0.4) is 0 Å². The van der Waals surface area contributed by atoms with Crippen molar-refractivity contribution >= 4 is 44.9 Å². The summed E-state index contributed by atoms with van der Waals surface area (Å²) in [4.78, 5) is 24.4. The number of carbonyl (C=O) groups excluding carboxylic acids is 2. The molecule has 0 radical (unpaired) electrons. The van der Waals surface area contributed by atoms with Crippen LogP contribution in [-0.4, -0.2) is 27.4 Å². The van der Waals surface area contributed by atoms with E-state index in [0.717, 1.165) is 0 Å². The van der Waals surface area contributed by atoms with Gasteiger partial charge in [0.1, 0.15) is 4.90 Å². The molecular weight excluding hydrogens is 440 g/mol. The fourth-order valence-electron chi connectivity index (χ4n) is 2.86. The van der Waals surface area contributed by atoms with Crippen LogP contribution in [0.1, 0.15) is 26.3 Å². The zero-order chi connectivity index (χ0) is 22.6. The van der Waals surface area contributed by atoms with Crippen molar-refractivity contribution < 1.29 is 22.7 Å². The Labute approximate surface area is 185 Å². The lowest BCUT2D eigenvalue weighted by atomic mass is 10.1. The molecule has 0 spiro atoms. The van der Waals surface area contributed by atoms with E-state index in [-0.39, 0.29) is 15.5 Å². The number of carbonyl (C=O) groups is 2. The zero-order valence-corrected chi connectivity index (χ0v) is 18.3. The highest BCUT2D eigenvalue weighted by molar-refractivity contribution is 7.92. The number of methoxy groups -OCH3 is 1. The van der Waals surface area contributed by atoms with Crippen LogP contribution in [0.15, 0.2) is 71.6 Å². The average molecular weight is 459 g/mol. The van der Waals surface area contributed by atoms with Gasteiger partial charge in [0.05, 0.1) is 17.7 Å². The minimum atomic E-state index is -4.03. The molecule has 0 heterocycles. The number of hydrogen-bond acceptors (Lipinski definition) is 5. The maximum absolute atomic E-state index is 12.8. The highest BCUT2D eigenvalue weighted by Crippen LogP contribution is 2.26. The van der Waals surface area contributed by atoms with Crippen LogP contribution in [-0.2, 0) is 14.8 Å². The quantitative estimate of drug-likeness (QED) is 0.530. The molecule has 0 unspecified atom stereocenters. The number of esters is 1. The first-order valence-electron chi connectivity index (χ1n) is 9.09. The van der Waals surface area contributed by atoms with E-state index in [1.165, 1.54) is 25.3 Å². The molecule has 0 atom stereocenters. The summed E-state index contributed by atoms with van der Waals surface area (Å²) in [6.07, 6.45) is 0. The summed E-state index contributed by atoms with van der Waals surface area (Å²) in [6, 6.07) is 17.1. The number of ether oxygens (including phenoxy) is 1. The molecule has 3 aromatic carbocycles. The van der Waals surface area contributed by atoms with Crippen molar-refractivity contribution in [2.24, 2.45) is 0 Å². The van der Waals surface area contributed by atoms with Gasteiger partial charge in [-0.05, 0) is 55.0 Å². The van der Waals surface area contributed by atoms with Gasteiger partial charge in [-0.15, -0.1) is 0 Å². The fourth-order valence-corrected chi connectivity index (χ4v) is 4.45. The molecule has 0 aliphatic heterocycles. The minimum Gasteiger partial charge on any atom is -0.465 e. The van der Waals surface area contributed by atoms with Crippen LogP contribution < -0.4 is 10.0 Å². The van der Waals surface area contributed by atoms with E-state index >= 15 is 0 Å². The first-order chi connectivity index (χ1) is 14.7. The Hall–Kier alpha value is -3.36. The second kappa shape index (κ2) is 9.20. The van der Waals surface area contributed by atoms with Gasteiger partial charge in [-0.3, -0.25) is 9.52 Å². The predicted octanol–water partition coefficient (Wildman–Crippen LogP) is 4.49. The number of nitrogens with one attached hydrogen (secondary N) is 2. The molecule has 3 rings (SSSR count). The molecule has 1 amide bonds. The van der Waals surface area contributed by atoms with Gasteiger partial charge in [0, 0.05) is 16.9 Å². The molecule has 0 aliphatic rings. The van der Waals surface area contributed by atoms with Crippen LogP contribution in [0.5, 0.6) is 0 Å². The number of anilines is 2. The Balaban J connectivity index is 1.90. The molecule has 2 N–H and O–H groups in total. The third-order valence-corrected chi connectivity index (χ3v) is 6.36. The molecule has 0 fully saturated rings. The topological polar surface area (TPSA) is 102 Å². The molecule has 0 saturated carbocycles. The number of rotatable bonds is 6. The van der Waals surface area contributed by atoms with Gasteiger partial charge in [0.25, 0.3) is 15.9 Å². The summed E-state index contributed by atoms with van der Waals surface area (Å²) in [6.45, 7) is 1.67. The molecule has 7 nitrogen and oxygen atoms in total. The first kappa shape index (κ1) is 22.3. The number of sulfonamides is 1. The predicted molar refractivity (Wildman–Crippen MR) is 119 cm³/mol. The SMILES string of the molecule is COC(=O)c1cccc(NC(=O)c2ccc(Cl)c(S(=O)(=O)Nc3ccccc3)c2)c1C. The summed E-state index contributed by atoms with van der Waals surface area (Å²) in [5.41, 5.74) is 1.68. The lowest BCUT2D eigenvalue weighted by molar-refractivity contribution is 0.0599. The molecule has 31 heavy (non-hydrogen) atoms. The normalized spacial score (nSPS) is 10.9. The van der Waals surface area contributed by atoms with Crippen molar-refractivity contribution in [2.75, 3.05) is 17.1 Å². The summed E-state index contributed by atoms with van der Waals surface area (Å²) in [5.74, 6) is -1.08. The average Bonchev–Trinajstić information content (AvgIpc) is 2.75. The molecule has 0 aliphatic carbocycles. The zero-order valence-electron chi connectivity index (χ0n) is 16.7. The third kappa shape index (κ3) is 5.04. The van der Waals surface area contributed by atoms with E-state index in [0.29, 0.717) is 22.5 Å². The third-order valence-electron chi connectivity index (χ3n) is 4.50. The van der Waals surface area contributed by atoms with Crippen LogP contribution in [0.2, 0.25) is 5.02 Å². The Morgan fingerprint density at radius 1 is 0.968 bits per heavy atom. The Bertz CT molecular complexity index is 1240. The molecule has 160 valence electrons. The number of hydrogen-bond donors (Lipinski definition) is 2. The van der Waals surface area contributed by atoms with E-state index in [4.69, 9.17) is 16.3 Å². The Morgan fingerprint density at radius 3 is 2.35 bits per heavy atom. The Morgan fingerprint density at radius 2 is 1.68 bits per heavy atom. The van der Waals surface area contributed by atoms with Gasteiger partial charge >= 0.3 is 5.97 Å². The Kier molecular flexibility index (Phi) is 6.62. The molecule has 0 saturated heterocycles. The van der Waals surface area contributed by atoms with Gasteiger partial charge < -0.3 is 10.1 Å². The van der Waals surface area contributed by atoms with E-state index in [2.05, 4.69) is 10.0 Å². The van der Waals surface area contributed by atoms with Crippen molar-refractivity contribution in [3.05, 3.63) is 88.4 Å². The van der Waals surface area contributed by atoms with Gasteiger partial charge in [-0.25, -0.2) is 13.2 Å². The monoisotopic (exact) mass is 458 g/mol. The number of para-hydroxylation sites is 1. The van der Waals surface area contributed by atoms with Crippen molar-refractivity contribution in [1.82, 2.24) is 0 Å². The van der Waals surface area contributed by atoms with Crippen LogP contribution in [0.25, 0.3) is 0 Å². The number of halogens is 1. The smallest absolute Gasteiger partial charge is 0.338 e. The molecule has 0 bridgehead atoms. The summed E-state index contributed by atoms with van der Waals surface area (Å²) < 4.78 is 32.7. The van der Waals surface area contributed by atoms with Crippen molar-refractivity contribution in [3.8, 4) is 0 Å². The lowest BCUT2D eigenvalue weighted by Gasteiger charge is -2.13. The van der Waals surface area contributed by atoms with Crippen LogP contribution >= 0.6 is 11.6 Å². The van der Waals surface area contributed by atoms with E-state index < -0.39 is 21.9 Å². The van der Waals surface area contributed by atoms with Crippen molar-refractivity contribution in [3.63, 3.8) is 0 Å². The lowest BCUT2D eigenvalue weighted by Crippen LogP contribution is -2.17. The summed E-state index contributed by atoms with van der Waals surface area (Å²) >= 11 is 6.11. The van der Waals surface area contributed by atoms with Crippen molar-refractivity contribution in [2.45, 2.75) is 11.8 Å². The van der Waals surface area contributed by atoms with E-state index in [1.54, 1.807) is 55.5 Å². The number of amides is 1. The second-order valence-electron chi connectivity index (χ2n) is 6.54. The van der Waals surface area contributed by atoms with Crippen molar-refractivity contribution in [1.29, 1.82) is 0 Å².